The third kappa shape index (κ3) is 4.69. The molecule has 0 atom stereocenters. The normalized spacial score (nSPS) is 12.7. The highest BCUT2D eigenvalue weighted by Crippen LogP contribution is 2.36. The topological polar surface area (TPSA) is 86.3 Å². The van der Waals surface area contributed by atoms with Gasteiger partial charge in [0.2, 0.25) is 11.1 Å². The largest absolute Gasteiger partial charge is 0.435 e. The molecule has 0 saturated heterocycles. The molecule has 5 rings (SSSR count). The van der Waals surface area contributed by atoms with Gasteiger partial charge in [-0.2, -0.15) is 8.78 Å². The summed E-state index contributed by atoms with van der Waals surface area (Å²) in [5.41, 5.74) is 4.57. The fraction of sp³-hybridized carbons (Fsp3) is 0.160. The van der Waals surface area contributed by atoms with Crippen LogP contribution in [0.3, 0.4) is 0 Å². The predicted molar refractivity (Wildman–Crippen MR) is 130 cm³/mol. The van der Waals surface area contributed by atoms with Gasteiger partial charge >= 0.3 is 6.61 Å². The monoisotopic (exact) mass is 493 g/mol. The van der Waals surface area contributed by atoms with E-state index in [2.05, 4.69) is 27.1 Å². The van der Waals surface area contributed by atoms with E-state index in [4.69, 9.17) is 5.84 Å². The number of halogens is 2. The van der Waals surface area contributed by atoms with Crippen molar-refractivity contribution in [3.8, 4) is 17.1 Å². The van der Waals surface area contributed by atoms with Crippen molar-refractivity contribution in [2.24, 2.45) is 0 Å². The van der Waals surface area contributed by atoms with Crippen molar-refractivity contribution in [1.82, 2.24) is 14.9 Å². The zero-order valence-electron chi connectivity index (χ0n) is 18.5. The van der Waals surface area contributed by atoms with Crippen molar-refractivity contribution in [1.29, 1.82) is 0 Å². The Hall–Kier alpha value is -3.92. The summed E-state index contributed by atoms with van der Waals surface area (Å²) in [5.74, 6) is 6.56. The third-order valence-corrected chi connectivity index (χ3v) is 6.63. The number of thioether (sulfide) groups is 1. The number of aromatic nitrogens is 3. The number of ether oxygens (including phenoxy) is 1. The highest BCUT2D eigenvalue weighted by molar-refractivity contribution is 7.99. The number of amides is 1. The summed E-state index contributed by atoms with van der Waals surface area (Å²) >= 11 is 1.18. The molecular formula is C25H21F2N5O2S. The van der Waals surface area contributed by atoms with Gasteiger partial charge in [0.25, 0.3) is 0 Å². The van der Waals surface area contributed by atoms with Crippen LogP contribution in [-0.4, -0.2) is 33.1 Å². The molecule has 7 nitrogen and oxygen atoms in total. The number of hydrogen-bond donors (Lipinski definition) is 1. The Morgan fingerprint density at radius 1 is 0.943 bits per heavy atom. The molecule has 0 bridgehead atoms. The number of alkyl halides is 2. The third-order valence-electron chi connectivity index (χ3n) is 5.71. The van der Waals surface area contributed by atoms with Crippen LogP contribution in [0.1, 0.15) is 11.1 Å². The number of carbonyl (C=O) groups is 1. The number of nitrogen functional groups attached to an aromatic ring is 1. The summed E-state index contributed by atoms with van der Waals surface area (Å²) in [4.78, 5) is 15.3. The lowest BCUT2D eigenvalue weighted by molar-refractivity contribution is -0.115. The van der Waals surface area contributed by atoms with E-state index in [1.54, 1.807) is 17.0 Å². The molecule has 35 heavy (non-hydrogen) atoms. The zero-order valence-corrected chi connectivity index (χ0v) is 19.3. The molecule has 0 unspecified atom stereocenters. The summed E-state index contributed by atoms with van der Waals surface area (Å²) in [6, 6.07) is 21.8. The average Bonchev–Trinajstić information content (AvgIpc) is 3.13. The minimum Gasteiger partial charge on any atom is -0.435 e. The van der Waals surface area contributed by atoms with Crippen molar-refractivity contribution in [3.05, 3.63) is 83.9 Å². The Bertz CT molecular complexity index is 1310. The smallest absolute Gasteiger partial charge is 0.387 e. The molecule has 4 aromatic rings. The van der Waals surface area contributed by atoms with Crippen LogP contribution in [0.15, 0.2) is 78.0 Å². The Morgan fingerprint density at radius 2 is 1.54 bits per heavy atom. The summed E-state index contributed by atoms with van der Waals surface area (Å²) < 4.78 is 30.4. The number of hydrogen-bond acceptors (Lipinski definition) is 6. The van der Waals surface area contributed by atoms with Crippen molar-refractivity contribution in [2.45, 2.75) is 24.6 Å². The molecular weight excluding hydrogens is 472 g/mol. The van der Waals surface area contributed by atoms with E-state index in [1.807, 2.05) is 36.4 Å². The van der Waals surface area contributed by atoms with Crippen LogP contribution < -0.4 is 15.5 Å². The average molecular weight is 494 g/mol. The first-order valence-corrected chi connectivity index (χ1v) is 11.9. The van der Waals surface area contributed by atoms with Crippen molar-refractivity contribution in [2.75, 3.05) is 16.5 Å². The lowest BCUT2D eigenvalue weighted by atomic mass is 10.0. The first-order valence-electron chi connectivity index (χ1n) is 10.9. The SMILES string of the molecule is Nn1c(SCC(=O)N2c3ccccc3CCc3ccccc32)nnc1-c1ccc(OC(F)F)cc1. The highest BCUT2D eigenvalue weighted by atomic mass is 32.2. The van der Waals surface area contributed by atoms with Crippen LogP contribution >= 0.6 is 11.8 Å². The number of benzene rings is 3. The number of nitrogens with two attached hydrogens (primary N) is 1. The second kappa shape index (κ2) is 9.75. The molecule has 1 amide bonds. The molecule has 1 aromatic heterocycles. The fourth-order valence-electron chi connectivity index (χ4n) is 4.10. The van der Waals surface area contributed by atoms with Crippen LogP contribution in [0.5, 0.6) is 5.75 Å². The molecule has 2 heterocycles. The van der Waals surface area contributed by atoms with Gasteiger partial charge in [-0.15, -0.1) is 10.2 Å². The van der Waals surface area contributed by atoms with Gasteiger partial charge in [0, 0.05) is 5.56 Å². The Kier molecular flexibility index (Phi) is 6.37. The molecule has 1 aliphatic heterocycles. The van der Waals surface area contributed by atoms with E-state index in [0.29, 0.717) is 16.5 Å². The van der Waals surface area contributed by atoms with Gasteiger partial charge in [-0.3, -0.25) is 9.69 Å². The number of aryl methyl sites for hydroxylation is 2. The summed E-state index contributed by atoms with van der Waals surface area (Å²) in [7, 11) is 0. The molecule has 0 aliphatic carbocycles. The van der Waals surface area contributed by atoms with Gasteiger partial charge in [-0.1, -0.05) is 48.2 Å². The lowest BCUT2D eigenvalue weighted by Crippen LogP contribution is -2.28. The second-order valence-electron chi connectivity index (χ2n) is 7.85. The van der Waals surface area contributed by atoms with E-state index < -0.39 is 6.61 Å². The molecule has 3 aromatic carbocycles. The number of carbonyl (C=O) groups excluding carboxylic acids is 1. The molecule has 1 aliphatic rings. The summed E-state index contributed by atoms with van der Waals surface area (Å²) in [6.45, 7) is -2.90. The van der Waals surface area contributed by atoms with Gasteiger partial charge in [-0.05, 0) is 60.4 Å². The van der Waals surface area contributed by atoms with Crippen LogP contribution in [0, 0.1) is 0 Å². The van der Waals surface area contributed by atoms with Crippen molar-refractivity contribution >= 4 is 29.0 Å². The van der Waals surface area contributed by atoms with E-state index in [9.17, 15) is 13.6 Å². The van der Waals surface area contributed by atoms with E-state index in [0.717, 1.165) is 35.3 Å². The van der Waals surface area contributed by atoms with E-state index >= 15 is 0 Å². The van der Waals surface area contributed by atoms with Gasteiger partial charge in [0.05, 0.1) is 17.1 Å². The van der Waals surface area contributed by atoms with Crippen LogP contribution in [-0.2, 0) is 17.6 Å². The number of fused-ring (bicyclic) bond motifs is 2. The maximum absolute atomic E-state index is 13.5. The van der Waals surface area contributed by atoms with E-state index in [1.165, 1.54) is 28.6 Å². The Balaban J connectivity index is 1.36. The summed E-state index contributed by atoms with van der Waals surface area (Å²) in [6.07, 6.45) is 1.71. The predicted octanol–water partition coefficient (Wildman–Crippen LogP) is 4.82. The quantitative estimate of drug-likeness (QED) is 0.306. The first kappa shape index (κ1) is 22.9. The van der Waals surface area contributed by atoms with Gasteiger partial charge in [-0.25, -0.2) is 4.68 Å². The van der Waals surface area contributed by atoms with Crippen LogP contribution in [0.4, 0.5) is 20.2 Å². The molecule has 2 N–H and O–H groups in total. The number of para-hydroxylation sites is 2. The van der Waals surface area contributed by atoms with Gasteiger partial charge < -0.3 is 10.6 Å². The number of nitrogens with zero attached hydrogens (tertiary/aromatic N) is 4. The van der Waals surface area contributed by atoms with Gasteiger partial charge in [0.15, 0.2) is 5.82 Å². The zero-order chi connectivity index (χ0) is 24.4. The van der Waals surface area contributed by atoms with Crippen LogP contribution in [0.25, 0.3) is 11.4 Å². The summed E-state index contributed by atoms with van der Waals surface area (Å²) in [5, 5.41) is 8.58. The van der Waals surface area contributed by atoms with Crippen molar-refractivity contribution in [3.63, 3.8) is 0 Å². The molecule has 0 radical (unpaired) electrons. The minimum atomic E-state index is -2.90. The standard InChI is InChI=1S/C25H21F2N5O2S/c26-24(27)34-19-13-11-18(12-14-19)23-29-30-25(32(23)28)35-15-22(33)31-20-7-3-1-5-16(20)9-10-17-6-2-4-8-21(17)31/h1-8,11-14,24H,9-10,15,28H2. The molecule has 0 spiro atoms. The van der Waals surface area contributed by atoms with Crippen LogP contribution in [0.2, 0.25) is 0 Å². The lowest BCUT2D eigenvalue weighted by Gasteiger charge is -2.24. The molecule has 10 heteroatoms. The van der Waals surface area contributed by atoms with Gasteiger partial charge in [0.1, 0.15) is 5.75 Å². The Labute approximate surface area is 204 Å². The maximum atomic E-state index is 13.5. The minimum absolute atomic E-state index is 0.0324. The Morgan fingerprint density at radius 3 is 2.14 bits per heavy atom. The van der Waals surface area contributed by atoms with E-state index in [-0.39, 0.29) is 17.4 Å². The highest BCUT2D eigenvalue weighted by Gasteiger charge is 2.26. The molecule has 178 valence electrons. The first-order chi connectivity index (χ1) is 17.0. The number of rotatable bonds is 6. The maximum Gasteiger partial charge on any atom is 0.387 e. The second-order valence-corrected chi connectivity index (χ2v) is 8.80. The molecule has 0 fully saturated rings. The molecule has 0 saturated carbocycles. The number of anilines is 2. The van der Waals surface area contributed by atoms with Crippen molar-refractivity contribution < 1.29 is 18.3 Å². The fourth-order valence-corrected chi connectivity index (χ4v) is 4.80.